The van der Waals surface area contributed by atoms with Crippen LogP contribution in [-0.2, 0) is 20.9 Å². The number of halogens is 2. The summed E-state index contributed by atoms with van der Waals surface area (Å²) in [6.07, 6.45) is 0.532. The van der Waals surface area contributed by atoms with Crippen molar-refractivity contribution in [3.8, 4) is 6.07 Å². The zero-order valence-electron chi connectivity index (χ0n) is 17.7. The van der Waals surface area contributed by atoms with E-state index in [1.807, 2.05) is 0 Å². The van der Waals surface area contributed by atoms with Crippen LogP contribution < -0.4 is 10.6 Å². The number of hydrogen-bond donors (Lipinski definition) is 2. The summed E-state index contributed by atoms with van der Waals surface area (Å²) in [5.74, 6) is -5.20. The fraction of sp³-hybridized carbons (Fsp3) is 0.550. The average molecular weight is 450 g/mol. The number of carbonyl (C=O) groups excluding carboxylic acids is 4. The maximum Gasteiger partial charge on any atom is 0.270 e. The zero-order chi connectivity index (χ0) is 23.9. The van der Waals surface area contributed by atoms with E-state index in [-0.39, 0.29) is 42.7 Å². The molecule has 172 valence electrons. The van der Waals surface area contributed by atoms with Crippen LogP contribution in [0.25, 0.3) is 0 Å². The fourth-order valence-electron chi connectivity index (χ4n) is 2.96. The first-order valence-corrected chi connectivity index (χ1v) is 9.98. The molecule has 0 aliphatic carbocycles. The van der Waals surface area contributed by atoms with Gasteiger partial charge in [-0.15, -0.1) is 0 Å². The lowest BCUT2D eigenvalue weighted by molar-refractivity contribution is -0.131. The van der Waals surface area contributed by atoms with E-state index in [9.17, 15) is 28.0 Å². The number of nitriles is 1. The van der Waals surface area contributed by atoms with Gasteiger partial charge in [0.15, 0.2) is 0 Å². The molecule has 2 rings (SSSR count). The maximum atomic E-state index is 13.5. The summed E-state index contributed by atoms with van der Waals surface area (Å²) in [6, 6.07) is 1.72. The van der Waals surface area contributed by atoms with Gasteiger partial charge in [-0.25, -0.2) is 18.7 Å². The Morgan fingerprint density at radius 1 is 1.25 bits per heavy atom. The highest BCUT2D eigenvalue weighted by Gasteiger charge is 2.47. The molecular weight excluding hydrogens is 426 g/mol. The number of Topliss-reactive ketones (excluding diaryl/α,β-unsaturated/α-hetero) is 1. The third-order valence-electron chi connectivity index (χ3n) is 4.80. The number of nitrogens with zero attached hydrogens (tertiary/aromatic N) is 4. The lowest BCUT2D eigenvalue weighted by atomic mass is 10.0. The van der Waals surface area contributed by atoms with E-state index in [0.717, 1.165) is 11.2 Å². The molecule has 0 spiro atoms. The van der Waals surface area contributed by atoms with Gasteiger partial charge in [-0.1, -0.05) is 13.8 Å². The molecule has 0 saturated carbocycles. The quantitative estimate of drug-likeness (QED) is 0.560. The molecule has 12 heteroatoms. The third kappa shape index (κ3) is 7.04. The Morgan fingerprint density at radius 3 is 2.62 bits per heavy atom. The monoisotopic (exact) mass is 450 g/mol. The second-order valence-corrected chi connectivity index (χ2v) is 7.70. The maximum absolute atomic E-state index is 13.5. The van der Waals surface area contributed by atoms with E-state index in [2.05, 4.69) is 20.6 Å². The number of likely N-dealkylation sites (tertiary alicyclic amines) is 1. The Labute approximate surface area is 183 Å². The van der Waals surface area contributed by atoms with Crippen LogP contribution in [-0.4, -0.2) is 63.4 Å². The minimum absolute atomic E-state index is 0.00312. The lowest BCUT2D eigenvalue weighted by Gasteiger charge is -2.19. The molecule has 0 unspecified atom stereocenters. The van der Waals surface area contributed by atoms with Gasteiger partial charge in [0.2, 0.25) is 11.8 Å². The number of rotatable bonds is 9. The molecule has 1 aliphatic rings. The molecule has 2 N–H and O–H groups in total. The lowest BCUT2D eigenvalue weighted by Crippen LogP contribution is -2.43. The minimum Gasteiger partial charge on any atom is -0.350 e. The van der Waals surface area contributed by atoms with Crippen molar-refractivity contribution >= 4 is 23.5 Å². The molecule has 1 aromatic heterocycles. The summed E-state index contributed by atoms with van der Waals surface area (Å²) in [4.78, 5) is 56.3. The normalized spacial score (nSPS) is 17.0. The predicted molar refractivity (Wildman–Crippen MR) is 106 cm³/mol. The molecule has 1 fully saturated rings. The van der Waals surface area contributed by atoms with Crippen LogP contribution in [0.4, 0.5) is 8.78 Å². The van der Waals surface area contributed by atoms with Crippen molar-refractivity contribution in [2.24, 2.45) is 5.92 Å². The molecular formula is C20H24F2N6O4. The number of hydrogen-bond acceptors (Lipinski definition) is 7. The fourth-order valence-corrected chi connectivity index (χ4v) is 2.96. The molecule has 10 nitrogen and oxygen atoms in total. The molecule has 32 heavy (non-hydrogen) atoms. The SMILES string of the molecule is CC(C)C(=O)CCC(=O)NCc1cc(C(=O)NCC(=O)N2CC(F)(F)C[C@H]2C#N)ncn1. The largest absolute Gasteiger partial charge is 0.350 e. The smallest absolute Gasteiger partial charge is 0.270 e. The van der Waals surface area contributed by atoms with E-state index < -0.39 is 43.3 Å². The van der Waals surface area contributed by atoms with Gasteiger partial charge in [-0.3, -0.25) is 19.2 Å². The van der Waals surface area contributed by atoms with E-state index >= 15 is 0 Å². The molecule has 0 bridgehead atoms. The van der Waals surface area contributed by atoms with Crippen LogP contribution in [0.5, 0.6) is 0 Å². The van der Waals surface area contributed by atoms with Gasteiger partial charge in [0.1, 0.15) is 23.8 Å². The molecule has 1 atom stereocenters. The highest BCUT2D eigenvalue weighted by molar-refractivity contribution is 5.95. The van der Waals surface area contributed by atoms with E-state index in [4.69, 9.17) is 5.26 Å². The van der Waals surface area contributed by atoms with Crippen LogP contribution in [0, 0.1) is 17.2 Å². The third-order valence-corrected chi connectivity index (χ3v) is 4.80. The second kappa shape index (κ2) is 10.7. The molecule has 0 aromatic carbocycles. The summed E-state index contributed by atoms with van der Waals surface area (Å²) < 4.78 is 26.9. The second-order valence-electron chi connectivity index (χ2n) is 7.70. The van der Waals surface area contributed by atoms with Gasteiger partial charge in [0.05, 0.1) is 31.4 Å². The Kier molecular flexibility index (Phi) is 8.28. The van der Waals surface area contributed by atoms with E-state index in [1.165, 1.54) is 6.07 Å². The molecule has 2 heterocycles. The van der Waals surface area contributed by atoms with E-state index in [1.54, 1.807) is 19.9 Å². The Hall–Kier alpha value is -3.49. The summed E-state index contributed by atoms with van der Waals surface area (Å²) in [6.45, 7) is 2.06. The van der Waals surface area contributed by atoms with Crippen molar-refractivity contribution < 1.29 is 28.0 Å². The van der Waals surface area contributed by atoms with Crippen molar-refractivity contribution in [2.75, 3.05) is 13.1 Å². The summed E-state index contributed by atoms with van der Waals surface area (Å²) in [5, 5.41) is 13.8. The van der Waals surface area contributed by atoms with Crippen LogP contribution in [0.1, 0.15) is 49.3 Å². The molecule has 0 radical (unpaired) electrons. The topological polar surface area (TPSA) is 145 Å². The van der Waals surface area contributed by atoms with Gasteiger partial charge < -0.3 is 15.5 Å². The number of aromatic nitrogens is 2. The Bertz CT molecular complexity index is 931. The van der Waals surface area contributed by atoms with Gasteiger partial charge in [-0.2, -0.15) is 5.26 Å². The van der Waals surface area contributed by atoms with Crippen molar-refractivity contribution in [3.05, 3.63) is 23.8 Å². The summed E-state index contributed by atoms with van der Waals surface area (Å²) in [7, 11) is 0. The van der Waals surface area contributed by atoms with E-state index in [0.29, 0.717) is 5.69 Å². The Balaban J connectivity index is 1.85. The summed E-state index contributed by atoms with van der Waals surface area (Å²) >= 11 is 0. The number of carbonyl (C=O) groups is 4. The number of ketones is 1. The van der Waals surface area contributed by atoms with Crippen LogP contribution in [0.3, 0.4) is 0 Å². The van der Waals surface area contributed by atoms with Gasteiger partial charge in [-0.05, 0) is 6.07 Å². The number of nitrogens with one attached hydrogen (secondary N) is 2. The van der Waals surface area contributed by atoms with Crippen molar-refractivity contribution in [2.45, 2.75) is 51.6 Å². The summed E-state index contributed by atoms with van der Waals surface area (Å²) in [5.41, 5.74) is 0.236. The van der Waals surface area contributed by atoms with Gasteiger partial charge >= 0.3 is 0 Å². The highest BCUT2D eigenvalue weighted by atomic mass is 19.3. The minimum atomic E-state index is -3.14. The first-order valence-electron chi connectivity index (χ1n) is 9.98. The van der Waals surface area contributed by atoms with Crippen LogP contribution in [0.2, 0.25) is 0 Å². The standard InChI is InChI=1S/C20H24F2N6O4/c1-12(2)16(29)3-4-17(30)24-8-13-5-15(27-11-26-13)19(32)25-9-18(31)28-10-20(21,22)6-14(28)7-23/h5,11-12,14H,3-4,6,8-10H2,1-2H3,(H,24,30)(H,25,32)/t14-/m0/s1. The van der Waals surface area contributed by atoms with Crippen LogP contribution in [0.15, 0.2) is 12.4 Å². The Morgan fingerprint density at radius 2 is 1.97 bits per heavy atom. The average Bonchev–Trinajstić information content (AvgIpc) is 3.08. The van der Waals surface area contributed by atoms with Crippen molar-refractivity contribution in [3.63, 3.8) is 0 Å². The highest BCUT2D eigenvalue weighted by Crippen LogP contribution is 2.31. The van der Waals surface area contributed by atoms with Gasteiger partial charge in [0, 0.05) is 25.2 Å². The van der Waals surface area contributed by atoms with Gasteiger partial charge in [0.25, 0.3) is 11.8 Å². The predicted octanol–water partition coefficient (Wildman–Crippen LogP) is 0.588. The number of alkyl halides is 2. The number of amides is 3. The molecule has 1 aliphatic heterocycles. The van der Waals surface area contributed by atoms with Crippen LogP contribution >= 0.6 is 0 Å². The first kappa shape index (κ1) is 24.8. The molecule has 3 amide bonds. The zero-order valence-corrected chi connectivity index (χ0v) is 17.7. The first-order chi connectivity index (χ1) is 15.0. The molecule has 1 saturated heterocycles. The van der Waals surface area contributed by atoms with Crippen molar-refractivity contribution in [1.29, 1.82) is 5.26 Å². The molecule has 1 aromatic rings. The van der Waals surface area contributed by atoms with Crippen molar-refractivity contribution in [1.82, 2.24) is 25.5 Å².